The van der Waals surface area contributed by atoms with E-state index in [9.17, 15) is 29.4 Å². The van der Waals surface area contributed by atoms with Crippen molar-refractivity contribution in [3.63, 3.8) is 0 Å². The number of thiocarbonyl (C=S) groups is 1. The van der Waals surface area contributed by atoms with Crippen LogP contribution in [0.5, 0.6) is 0 Å². The highest BCUT2D eigenvalue weighted by Gasteiger charge is 2.35. The Morgan fingerprint density at radius 3 is 2.41 bits per heavy atom. The van der Waals surface area contributed by atoms with Crippen molar-refractivity contribution in [2.24, 2.45) is 0 Å². The van der Waals surface area contributed by atoms with Crippen molar-refractivity contribution in [1.29, 1.82) is 0 Å². The highest BCUT2D eigenvalue weighted by molar-refractivity contribution is 7.80. The molecule has 170 valence electrons. The average molecular weight is 497 g/mol. The van der Waals surface area contributed by atoms with E-state index in [1.54, 1.807) is 0 Å². The molecule has 0 atom stereocenters. The molecule has 1 aliphatic rings. The van der Waals surface area contributed by atoms with Crippen LogP contribution in [0.15, 0.2) is 64.6 Å². The number of aromatic carboxylic acids is 2. The summed E-state index contributed by atoms with van der Waals surface area (Å²) in [5, 5.41) is 20.9. The molecule has 0 aliphatic carbocycles. The van der Waals surface area contributed by atoms with Gasteiger partial charge < -0.3 is 14.6 Å². The van der Waals surface area contributed by atoms with Gasteiger partial charge in [-0.1, -0.05) is 17.7 Å². The number of halogens is 1. The van der Waals surface area contributed by atoms with Gasteiger partial charge in [-0.05, 0) is 66.8 Å². The van der Waals surface area contributed by atoms with Crippen molar-refractivity contribution < 1.29 is 33.8 Å². The lowest BCUT2D eigenvalue weighted by Gasteiger charge is -2.28. The first kappa shape index (κ1) is 22.9. The van der Waals surface area contributed by atoms with Crippen LogP contribution < -0.4 is 10.2 Å². The van der Waals surface area contributed by atoms with Crippen molar-refractivity contribution in [2.45, 2.75) is 0 Å². The smallest absolute Gasteiger partial charge is 0.335 e. The van der Waals surface area contributed by atoms with Gasteiger partial charge in [0.05, 0.1) is 21.8 Å². The molecule has 11 heteroatoms. The van der Waals surface area contributed by atoms with Gasteiger partial charge in [-0.2, -0.15) is 0 Å². The van der Waals surface area contributed by atoms with Crippen LogP contribution in [-0.4, -0.2) is 39.1 Å². The number of carboxylic acids is 2. The Morgan fingerprint density at radius 2 is 1.71 bits per heavy atom. The lowest BCUT2D eigenvalue weighted by atomic mass is 10.1. The number of hydrogen-bond acceptors (Lipinski definition) is 6. The first-order chi connectivity index (χ1) is 16.2. The molecule has 1 saturated heterocycles. The van der Waals surface area contributed by atoms with E-state index in [1.165, 1.54) is 60.7 Å². The molecule has 0 radical (unpaired) electrons. The van der Waals surface area contributed by atoms with Gasteiger partial charge in [0, 0.05) is 5.56 Å². The van der Waals surface area contributed by atoms with E-state index >= 15 is 0 Å². The monoisotopic (exact) mass is 496 g/mol. The second-order valence-corrected chi connectivity index (χ2v) is 7.81. The molecule has 2 aromatic carbocycles. The Bertz CT molecular complexity index is 1430. The lowest BCUT2D eigenvalue weighted by Crippen LogP contribution is -2.54. The number of carbonyl (C=O) groups excluding carboxylic acids is 2. The average Bonchev–Trinajstić information content (AvgIpc) is 3.25. The fourth-order valence-corrected chi connectivity index (χ4v) is 3.73. The maximum Gasteiger partial charge on any atom is 0.335 e. The standard InChI is InChI=1S/C23H13ClN2O7S/c24-17-6-4-12(22(31)32)9-15(17)18-7-5-14(33-18)10-16-19(27)25-23(34)26(20(16)28)13-3-1-2-11(8-13)21(29)30/h1-10H,(H,29,30)(H,31,32)(H,25,27,34)/b16-10-. The molecule has 34 heavy (non-hydrogen) atoms. The van der Waals surface area contributed by atoms with E-state index in [0.29, 0.717) is 5.56 Å². The molecule has 0 bridgehead atoms. The molecule has 0 unspecified atom stereocenters. The zero-order valence-electron chi connectivity index (χ0n) is 16.9. The summed E-state index contributed by atoms with van der Waals surface area (Å²) in [6.07, 6.45) is 1.20. The first-order valence-electron chi connectivity index (χ1n) is 9.53. The molecule has 2 amide bonds. The van der Waals surface area contributed by atoms with Gasteiger partial charge >= 0.3 is 11.9 Å². The molecule has 3 N–H and O–H groups in total. The van der Waals surface area contributed by atoms with Gasteiger partial charge in [-0.3, -0.25) is 19.8 Å². The van der Waals surface area contributed by atoms with Crippen LogP contribution in [0, 0.1) is 0 Å². The second kappa shape index (κ2) is 8.93. The normalized spacial score (nSPS) is 14.9. The molecule has 3 aromatic rings. The third-order valence-electron chi connectivity index (χ3n) is 4.85. The van der Waals surface area contributed by atoms with E-state index in [1.807, 2.05) is 0 Å². The third kappa shape index (κ3) is 4.32. The zero-order valence-corrected chi connectivity index (χ0v) is 18.5. The van der Waals surface area contributed by atoms with E-state index in [0.717, 1.165) is 4.90 Å². The molecule has 1 aliphatic heterocycles. The molecular formula is C23H13ClN2O7S. The molecule has 1 fully saturated rings. The van der Waals surface area contributed by atoms with Crippen LogP contribution in [0.2, 0.25) is 5.02 Å². The number of rotatable bonds is 5. The second-order valence-electron chi connectivity index (χ2n) is 7.02. The summed E-state index contributed by atoms with van der Waals surface area (Å²) in [7, 11) is 0. The number of nitrogens with zero attached hydrogens (tertiary/aromatic N) is 1. The van der Waals surface area contributed by atoms with Crippen LogP contribution in [0.25, 0.3) is 17.4 Å². The number of carbonyl (C=O) groups is 4. The number of benzene rings is 2. The van der Waals surface area contributed by atoms with Crippen molar-refractivity contribution in [3.05, 3.63) is 82.1 Å². The first-order valence-corrected chi connectivity index (χ1v) is 10.3. The van der Waals surface area contributed by atoms with Crippen molar-refractivity contribution >= 4 is 64.4 Å². The van der Waals surface area contributed by atoms with Gasteiger partial charge in [0.15, 0.2) is 5.11 Å². The van der Waals surface area contributed by atoms with E-state index in [4.69, 9.17) is 28.2 Å². The summed E-state index contributed by atoms with van der Waals surface area (Å²) in [4.78, 5) is 49.2. The maximum absolute atomic E-state index is 13.1. The molecule has 2 heterocycles. The topological polar surface area (TPSA) is 137 Å². The van der Waals surface area contributed by atoms with Gasteiger partial charge in [0.2, 0.25) is 0 Å². The fraction of sp³-hybridized carbons (Fsp3) is 0. The van der Waals surface area contributed by atoms with Gasteiger partial charge in [-0.15, -0.1) is 0 Å². The Hall–Kier alpha value is -4.28. The number of furan rings is 1. The summed E-state index contributed by atoms with van der Waals surface area (Å²) in [6, 6.07) is 12.6. The minimum absolute atomic E-state index is 0.00489. The van der Waals surface area contributed by atoms with Crippen LogP contribution in [-0.2, 0) is 9.59 Å². The molecule has 1 aromatic heterocycles. The predicted molar refractivity (Wildman–Crippen MR) is 126 cm³/mol. The SMILES string of the molecule is O=C1NC(=S)N(c2cccc(C(=O)O)c2)C(=O)/C1=C\c1ccc(-c2cc(C(=O)O)ccc2Cl)o1. The van der Waals surface area contributed by atoms with Crippen LogP contribution in [0.3, 0.4) is 0 Å². The molecular weight excluding hydrogens is 484 g/mol. The highest BCUT2D eigenvalue weighted by atomic mass is 35.5. The van der Waals surface area contributed by atoms with E-state index in [2.05, 4.69) is 5.32 Å². The van der Waals surface area contributed by atoms with Crippen molar-refractivity contribution in [2.75, 3.05) is 4.90 Å². The molecule has 0 saturated carbocycles. The van der Waals surface area contributed by atoms with Crippen LogP contribution in [0.4, 0.5) is 5.69 Å². The highest BCUT2D eigenvalue weighted by Crippen LogP contribution is 2.31. The number of carboxylic acid groups (broad SMARTS) is 2. The quantitative estimate of drug-likeness (QED) is 0.275. The van der Waals surface area contributed by atoms with Crippen molar-refractivity contribution in [3.8, 4) is 11.3 Å². The summed E-state index contributed by atoms with van der Waals surface area (Å²) in [5.74, 6) is -3.52. The van der Waals surface area contributed by atoms with Gasteiger partial charge in [0.25, 0.3) is 11.8 Å². The molecule has 4 rings (SSSR count). The zero-order chi connectivity index (χ0) is 24.6. The number of nitrogens with one attached hydrogen (secondary N) is 1. The van der Waals surface area contributed by atoms with E-state index in [-0.39, 0.29) is 44.0 Å². The van der Waals surface area contributed by atoms with Crippen LogP contribution >= 0.6 is 23.8 Å². The Morgan fingerprint density at radius 1 is 1.00 bits per heavy atom. The summed E-state index contributed by atoms with van der Waals surface area (Å²) in [5.41, 5.74) is 0.120. The number of hydrogen-bond donors (Lipinski definition) is 3. The summed E-state index contributed by atoms with van der Waals surface area (Å²) < 4.78 is 5.69. The number of amides is 2. The third-order valence-corrected chi connectivity index (χ3v) is 5.46. The summed E-state index contributed by atoms with van der Waals surface area (Å²) >= 11 is 11.3. The lowest BCUT2D eigenvalue weighted by molar-refractivity contribution is -0.122. The summed E-state index contributed by atoms with van der Waals surface area (Å²) in [6.45, 7) is 0. The maximum atomic E-state index is 13.1. The van der Waals surface area contributed by atoms with Crippen LogP contribution in [0.1, 0.15) is 26.5 Å². The van der Waals surface area contributed by atoms with Gasteiger partial charge in [0.1, 0.15) is 17.1 Å². The minimum Gasteiger partial charge on any atom is -0.478 e. The minimum atomic E-state index is -1.19. The van der Waals surface area contributed by atoms with Crippen molar-refractivity contribution in [1.82, 2.24) is 5.32 Å². The van der Waals surface area contributed by atoms with E-state index < -0.39 is 23.8 Å². The Kier molecular flexibility index (Phi) is 6.01. The Balaban J connectivity index is 1.70. The Labute approximate surface area is 201 Å². The molecule has 9 nitrogen and oxygen atoms in total. The molecule has 0 spiro atoms. The fourth-order valence-electron chi connectivity index (χ4n) is 3.23. The number of anilines is 1. The predicted octanol–water partition coefficient (Wildman–Crippen LogP) is 3.83. The largest absolute Gasteiger partial charge is 0.478 e. The van der Waals surface area contributed by atoms with Gasteiger partial charge in [-0.25, -0.2) is 9.59 Å².